The summed E-state index contributed by atoms with van der Waals surface area (Å²) in [5.74, 6) is 1.31. The van der Waals surface area contributed by atoms with Gasteiger partial charge in [0.2, 0.25) is 0 Å². The van der Waals surface area contributed by atoms with E-state index in [1.165, 1.54) is 0 Å². The fourth-order valence-corrected chi connectivity index (χ4v) is 2.82. The molecule has 130 valence electrons. The molecule has 0 unspecified atom stereocenters. The van der Waals surface area contributed by atoms with E-state index in [-0.39, 0.29) is 5.91 Å². The van der Waals surface area contributed by atoms with Crippen LogP contribution in [-0.2, 0) is 0 Å². The summed E-state index contributed by atoms with van der Waals surface area (Å²) in [5.41, 5.74) is 2.73. The third-order valence-corrected chi connectivity index (χ3v) is 4.07. The number of rotatable bonds is 3. The molecule has 4 aromatic heterocycles. The van der Waals surface area contributed by atoms with E-state index >= 15 is 0 Å². The van der Waals surface area contributed by atoms with Crippen LogP contribution in [0.15, 0.2) is 41.3 Å². The van der Waals surface area contributed by atoms with Crippen molar-refractivity contribution in [2.45, 2.75) is 20.8 Å². The molecular formula is C18H16N6O2. The third-order valence-electron chi connectivity index (χ3n) is 4.07. The Bertz CT molecular complexity index is 1110. The number of carbonyl (C=O) groups excluding carboxylic acids is 1. The van der Waals surface area contributed by atoms with Crippen molar-refractivity contribution in [1.29, 1.82) is 0 Å². The number of hydrogen-bond acceptors (Lipinski definition) is 6. The van der Waals surface area contributed by atoms with Gasteiger partial charge in [-0.1, -0.05) is 5.16 Å². The Morgan fingerprint density at radius 2 is 2.04 bits per heavy atom. The zero-order valence-corrected chi connectivity index (χ0v) is 14.5. The summed E-state index contributed by atoms with van der Waals surface area (Å²) in [7, 11) is 0. The predicted molar refractivity (Wildman–Crippen MR) is 95.3 cm³/mol. The second kappa shape index (κ2) is 6.07. The van der Waals surface area contributed by atoms with Crippen molar-refractivity contribution in [3.05, 3.63) is 59.6 Å². The smallest absolute Gasteiger partial charge is 0.258 e. The van der Waals surface area contributed by atoms with E-state index in [9.17, 15) is 4.79 Å². The summed E-state index contributed by atoms with van der Waals surface area (Å²) in [6.07, 6.45) is 5.16. The minimum atomic E-state index is -0.264. The summed E-state index contributed by atoms with van der Waals surface area (Å²) in [6, 6.07) is 5.34. The molecule has 0 spiro atoms. The van der Waals surface area contributed by atoms with Crippen molar-refractivity contribution < 1.29 is 9.32 Å². The molecule has 0 aliphatic heterocycles. The number of fused-ring (bicyclic) bond motifs is 1. The van der Waals surface area contributed by atoms with Gasteiger partial charge in [-0.3, -0.25) is 9.36 Å². The summed E-state index contributed by atoms with van der Waals surface area (Å²) in [4.78, 5) is 25.6. The van der Waals surface area contributed by atoms with E-state index in [4.69, 9.17) is 4.52 Å². The van der Waals surface area contributed by atoms with E-state index in [0.29, 0.717) is 33.7 Å². The maximum atomic E-state index is 12.7. The zero-order valence-electron chi connectivity index (χ0n) is 14.5. The molecule has 0 aromatic carbocycles. The van der Waals surface area contributed by atoms with Crippen molar-refractivity contribution in [3.63, 3.8) is 0 Å². The minimum absolute atomic E-state index is 0.264. The molecular weight excluding hydrogens is 332 g/mol. The molecule has 0 fully saturated rings. The summed E-state index contributed by atoms with van der Waals surface area (Å²) in [6.45, 7) is 5.48. The van der Waals surface area contributed by atoms with Gasteiger partial charge in [0.05, 0.1) is 28.5 Å². The second-order valence-electron chi connectivity index (χ2n) is 5.96. The maximum Gasteiger partial charge on any atom is 0.258 e. The minimum Gasteiger partial charge on any atom is -0.336 e. The first kappa shape index (κ1) is 15.9. The molecule has 0 saturated heterocycles. The first-order valence-corrected chi connectivity index (χ1v) is 8.04. The van der Waals surface area contributed by atoms with Crippen LogP contribution in [0.1, 0.15) is 27.6 Å². The lowest BCUT2D eigenvalue weighted by Gasteiger charge is -2.08. The maximum absolute atomic E-state index is 12.7. The third kappa shape index (κ3) is 2.71. The molecule has 0 aliphatic carbocycles. The summed E-state index contributed by atoms with van der Waals surface area (Å²) < 4.78 is 7.04. The van der Waals surface area contributed by atoms with Gasteiger partial charge in [0, 0.05) is 18.1 Å². The number of aryl methyl sites for hydroxylation is 3. The number of amides is 1. The highest BCUT2D eigenvalue weighted by molar-refractivity contribution is 6.12. The number of carbonyl (C=O) groups is 1. The van der Waals surface area contributed by atoms with Crippen LogP contribution in [0.2, 0.25) is 0 Å². The average molecular weight is 348 g/mol. The molecule has 0 bridgehead atoms. The highest BCUT2D eigenvalue weighted by Gasteiger charge is 2.18. The predicted octanol–water partition coefficient (Wildman–Crippen LogP) is 2.98. The highest BCUT2D eigenvalue weighted by atomic mass is 16.5. The number of pyridine rings is 2. The largest absolute Gasteiger partial charge is 0.336 e. The van der Waals surface area contributed by atoms with E-state index in [1.54, 1.807) is 38.4 Å². The van der Waals surface area contributed by atoms with E-state index in [2.05, 4.69) is 25.4 Å². The number of hydrogen-bond donors (Lipinski definition) is 1. The zero-order chi connectivity index (χ0) is 18.3. The van der Waals surface area contributed by atoms with Crippen molar-refractivity contribution >= 4 is 22.7 Å². The van der Waals surface area contributed by atoms with Gasteiger partial charge in [0.1, 0.15) is 11.6 Å². The lowest BCUT2D eigenvalue weighted by Crippen LogP contribution is -2.13. The lowest BCUT2D eigenvalue weighted by molar-refractivity contribution is 0.102. The molecule has 8 nitrogen and oxygen atoms in total. The Labute approximate surface area is 148 Å². The van der Waals surface area contributed by atoms with Crippen LogP contribution >= 0.6 is 0 Å². The molecule has 26 heavy (non-hydrogen) atoms. The van der Waals surface area contributed by atoms with Gasteiger partial charge >= 0.3 is 0 Å². The van der Waals surface area contributed by atoms with Crippen molar-refractivity contribution in [2.75, 3.05) is 5.32 Å². The fraction of sp³-hybridized carbons (Fsp3) is 0.167. The number of anilines is 1. The summed E-state index contributed by atoms with van der Waals surface area (Å²) in [5, 5.41) is 7.37. The van der Waals surface area contributed by atoms with E-state index in [0.717, 1.165) is 11.6 Å². The van der Waals surface area contributed by atoms with Gasteiger partial charge < -0.3 is 9.84 Å². The fourth-order valence-electron chi connectivity index (χ4n) is 2.82. The standard InChI is InChI=1S/C18H16N6O2/c1-10-8-14(16-11(2)23-26-18(16)21-10)17(25)22-13-4-5-15(20-9-13)24-7-6-19-12(24)3/h4-9H,1-3H3,(H,22,25). The second-order valence-corrected chi connectivity index (χ2v) is 5.96. The molecule has 0 aliphatic rings. The van der Waals surface area contributed by atoms with Crippen LogP contribution < -0.4 is 5.32 Å². The molecule has 8 heteroatoms. The number of nitrogens with one attached hydrogen (secondary N) is 1. The Kier molecular flexibility index (Phi) is 3.72. The number of nitrogens with zero attached hydrogens (tertiary/aromatic N) is 5. The molecule has 0 atom stereocenters. The van der Waals surface area contributed by atoms with E-state index in [1.807, 2.05) is 23.8 Å². The van der Waals surface area contributed by atoms with Crippen molar-refractivity contribution in [3.8, 4) is 5.82 Å². The Morgan fingerprint density at radius 3 is 2.73 bits per heavy atom. The lowest BCUT2D eigenvalue weighted by atomic mass is 10.1. The van der Waals surface area contributed by atoms with Crippen LogP contribution in [-0.4, -0.2) is 30.6 Å². The van der Waals surface area contributed by atoms with Crippen LogP contribution in [0.25, 0.3) is 16.9 Å². The van der Waals surface area contributed by atoms with Crippen molar-refractivity contribution in [2.24, 2.45) is 0 Å². The van der Waals surface area contributed by atoms with Crippen LogP contribution in [0.3, 0.4) is 0 Å². The van der Waals surface area contributed by atoms with Gasteiger partial charge in [0.15, 0.2) is 0 Å². The Morgan fingerprint density at radius 1 is 1.19 bits per heavy atom. The monoisotopic (exact) mass is 348 g/mol. The van der Waals surface area contributed by atoms with Gasteiger partial charge in [-0.25, -0.2) is 15.0 Å². The Hall–Kier alpha value is -3.55. The molecule has 1 amide bonds. The Balaban J connectivity index is 1.63. The quantitative estimate of drug-likeness (QED) is 0.611. The first-order valence-electron chi connectivity index (χ1n) is 8.04. The molecule has 4 aromatic rings. The molecule has 0 radical (unpaired) electrons. The first-order chi connectivity index (χ1) is 12.5. The van der Waals surface area contributed by atoms with Gasteiger partial charge in [-0.15, -0.1) is 0 Å². The summed E-state index contributed by atoms with van der Waals surface area (Å²) >= 11 is 0. The van der Waals surface area contributed by atoms with Crippen LogP contribution in [0, 0.1) is 20.8 Å². The van der Waals surface area contributed by atoms with Gasteiger partial charge in [-0.05, 0) is 39.0 Å². The SMILES string of the molecule is Cc1cc(C(=O)Nc2ccc(-n3ccnc3C)nc2)c2c(C)noc2n1. The highest BCUT2D eigenvalue weighted by Crippen LogP contribution is 2.23. The molecule has 1 N–H and O–H groups in total. The number of imidazole rings is 1. The topological polar surface area (TPSA) is 98.7 Å². The number of aromatic nitrogens is 5. The van der Waals surface area contributed by atoms with Crippen LogP contribution in [0.4, 0.5) is 5.69 Å². The van der Waals surface area contributed by atoms with E-state index < -0.39 is 0 Å². The van der Waals surface area contributed by atoms with Crippen LogP contribution in [0.5, 0.6) is 0 Å². The normalized spacial score (nSPS) is 11.0. The molecule has 4 rings (SSSR count). The molecule has 0 saturated carbocycles. The van der Waals surface area contributed by atoms with Crippen molar-refractivity contribution in [1.82, 2.24) is 24.7 Å². The van der Waals surface area contributed by atoms with Gasteiger partial charge in [-0.2, -0.15) is 0 Å². The van der Waals surface area contributed by atoms with Gasteiger partial charge in [0.25, 0.3) is 11.6 Å². The molecule has 4 heterocycles. The average Bonchev–Trinajstić information content (AvgIpc) is 3.21.